The van der Waals surface area contributed by atoms with E-state index in [0.29, 0.717) is 24.1 Å². The molecule has 3 aromatic rings. The van der Waals surface area contributed by atoms with Gasteiger partial charge in [-0.15, -0.1) is 11.3 Å². The van der Waals surface area contributed by atoms with Crippen LogP contribution in [0.3, 0.4) is 0 Å². The molecule has 2 aliphatic rings. The lowest BCUT2D eigenvalue weighted by molar-refractivity contribution is 0.00853. The Kier molecular flexibility index (Phi) is 5.12. The van der Waals surface area contributed by atoms with Crippen molar-refractivity contribution in [2.24, 2.45) is 7.05 Å². The Labute approximate surface area is 187 Å². The van der Waals surface area contributed by atoms with Crippen LogP contribution >= 0.6 is 27.3 Å². The van der Waals surface area contributed by atoms with Crippen molar-refractivity contribution < 1.29 is 9.59 Å². The van der Waals surface area contributed by atoms with E-state index in [2.05, 4.69) is 25.8 Å². The van der Waals surface area contributed by atoms with Crippen LogP contribution in [0.2, 0.25) is 0 Å². The molecule has 1 aromatic carbocycles. The molecular weight excluding hydrogens is 466 g/mol. The molecule has 30 heavy (non-hydrogen) atoms. The summed E-state index contributed by atoms with van der Waals surface area (Å²) in [6.07, 6.45) is 3.67. The van der Waals surface area contributed by atoms with Crippen molar-refractivity contribution in [1.82, 2.24) is 24.3 Å². The Bertz CT molecular complexity index is 1100. The number of amides is 2. The Morgan fingerprint density at radius 2 is 1.87 bits per heavy atom. The highest BCUT2D eigenvalue weighted by Crippen LogP contribution is 2.28. The van der Waals surface area contributed by atoms with Crippen molar-refractivity contribution in [3.63, 3.8) is 0 Å². The lowest BCUT2D eigenvalue weighted by Gasteiger charge is -2.48. The van der Waals surface area contributed by atoms with E-state index in [0.717, 1.165) is 47.1 Å². The van der Waals surface area contributed by atoms with Crippen molar-refractivity contribution in [3.05, 3.63) is 51.0 Å². The normalized spacial score (nSPS) is 18.1. The summed E-state index contributed by atoms with van der Waals surface area (Å²) in [6.45, 7) is 4.57. The van der Waals surface area contributed by atoms with Crippen LogP contribution in [0.15, 0.2) is 40.4 Å². The van der Waals surface area contributed by atoms with Crippen LogP contribution < -0.4 is 0 Å². The van der Waals surface area contributed by atoms with E-state index in [1.54, 1.807) is 6.20 Å². The van der Waals surface area contributed by atoms with Crippen molar-refractivity contribution in [3.8, 4) is 0 Å². The molecule has 0 N–H and O–H groups in total. The third kappa shape index (κ3) is 3.44. The van der Waals surface area contributed by atoms with Gasteiger partial charge in [0.1, 0.15) is 0 Å². The van der Waals surface area contributed by atoms with E-state index >= 15 is 0 Å². The predicted molar refractivity (Wildman–Crippen MR) is 120 cm³/mol. The molecule has 0 radical (unpaired) electrons. The van der Waals surface area contributed by atoms with Gasteiger partial charge in [0.2, 0.25) is 0 Å². The summed E-state index contributed by atoms with van der Waals surface area (Å²) >= 11 is 4.99. The monoisotopic (exact) mass is 487 g/mol. The van der Waals surface area contributed by atoms with Crippen molar-refractivity contribution in [2.45, 2.75) is 6.04 Å². The van der Waals surface area contributed by atoms with Crippen LogP contribution in [0.5, 0.6) is 0 Å². The third-order valence-electron chi connectivity index (χ3n) is 6.05. The SMILES string of the molecule is Cn1ccc2cc(C(=O)N3CC(N4CCN(C(=O)c5nccs5)CC4)C3)cc(Br)c21. The van der Waals surface area contributed by atoms with E-state index in [1.165, 1.54) is 11.3 Å². The van der Waals surface area contributed by atoms with E-state index in [9.17, 15) is 9.59 Å². The van der Waals surface area contributed by atoms with Crippen molar-refractivity contribution in [1.29, 1.82) is 0 Å². The second kappa shape index (κ2) is 7.79. The number of hydrogen-bond donors (Lipinski definition) is 0. The van der Waals surface area contributed by atoms with E-state index in [-0.39, 0.29) is 11.8 Å². The zero-order valence-corrected chi connectivity index (χ0v) is 19.0. The lowest BCUT2D eigenvalue weighted by atomic mass is 10.0. The molecule has 2 aliphatic heterocycles. The molecule has 0 spiro atoms. The number of piperazine rings is 1. The van der Waals surface area contributed by atoms with E-state index in [4.69, 9.17) is 0 Å². The van der Waals surface area contributed by atoms with Gasteiger partial charge in [-0.05, 0) is 34.1 Å². The molecule has 2 aromatic heterocycles. The molecule has 0 unspecified atom stereocenters. The van der Waals surface area contributed by atoms with E-state index in [1.807, 2.05) is 51.2 Å². The van der Waals surface area contributed by atoms with Gasteiger partial charge in [0.25, 0.3) is 11.8 Å². The molecule has 0 aliphatic carbocycles. The van der Waals surface area contributed by atoms with Crippen LogP contribution in [0, 0.1) is 0 Å². The summed E-state index contributed by atoms with van der Waals surface area (Å²) in [5, 5.41) is 3.45. The maximum Gasteiger partial charge on any atom is 0.282 e. The average molecular weight is 488 g/mol. The number of aryl methyl sites for hydroxylation is 1. The summed E-state index contributed by atoms with van der Waals surface area (Å²) < 4.78 is 2.99. The molecule has 0 atom stereocenters. The number of nitrogens with zero attached hydrogens (tertiary/aromatic N) is 5. The summed E-state index contributed by atoms with van der Waals surface area (Å²) in [4.78, 5) is 35.7. The quantitative estimate of drug-likeness (QED) is 0.569. The molecule has 2 fully saturated rings. The molecule has 4 heterocycles. The van der Waals surface area contributed by atoms with Gasteiger partial charge in [0.15, 0.2) is 5.01 Å². The highest BCUT2D eigenvalue weighted by Gasteiger charge is 2.37. The number of likely N-dealkylation sites (tertiary alicyclic amines) is 1. The van der Waals surface area contributed by atoms with Crippen LogP contribution in [-0.2, 0) is 7.05 Å². The number of fused-ring (bicyclic) bond motifs is 1. The number of halogens is 1. The maximum atomic E-state index is 13.0. The Morgan fingerprint density at radius 1 is 1.10 bits per heavy atom. The fraction of sp³-hybridized carbons (Fsp3) is 0.381. The molecule has 2 saturated heterocycles. The smallest absolute Gasteiger partial charge is 0.282 e. The molecule has 156 valence electrons. The molecule has 5 rings (SSSR count). The van der Waals surface area contributed by atoms with Gasteiger partial charge in [-0.2, -0.15) is 0 Å². The molecule has 2 amide bonds. The highest BCUT2D eigenvalue weighted by atomic mass is 79.9. The molecule has 9 heteroatoms. The summed E-state index contributed by atoms with van der Waals surface area (Å²) in [6, 6.07) is 6.29. The Balaban J connectivity index is 1.17. The van der Waals surface area contributed by atoms with Gasteiger partial charge in [-0.3, -0.25) is 14.5 Å². The number of aromatic nitrogens is 2. The van der Waals surface area contributed by atoms with Crippen LogP contribution in [0.25, 0.3) is 10.9 Å². The van der Waals surface area contributed by atoms with Gasteiger partial charge in [0.05, 0.1) is 5.52 Å². The minimum absolute atomic E-state index is 0.0249. The fourth-order valence-electron chi connectivity index (χ4n) is 4.30. The topological polar surface area (TPSA) is 61.7 Å². The second-order valence-corrected chi connectivity index (χ2v) is 9.60. The predicted octanol–water partition coefficient (Wildman–Crippen LogP) is 2.68. The number of carbonyl (C=O) groups excluding carboxylic acids is 2. The van der Waals surface area contributed by atoms with Crippen LogP contribution in [0.4, 0.5) is 0 Å². The summed E-state index contributed by atoms with van der Waals surface area (Å²) in [5.74, 6) is 0.104. The number of hydrogen-bond acceptors (Lipinski definition) is 5. The van der Waals surface area contributed by atoms with Crippen molar-refractivity contribution >= 4 is 50.0 Å². The second-order valence-electron chi connectivity index (χ2n) is 7.85. The van der Waals surface area contributed by atoms with Gasteiger partial charge in [-0.1, -0.05) is 0 Å². The zero-order valence-electron chi connectivity index (χ0n) is 16.6. The number of rotatable bonds is 3. The Morgan fingerprint density at radius 3 is 2.57 bits per heavy atom. The van der Waals surface area contributed by atoms with Gasteiger partial charge < -0.3 is 14.4 Å². The summed E-state index contributed by atoms with van der Waals surface area (Å²) in [7, 11) is 2.00. The van der Waals surface area contributed by atoms with Crippen LogP contribution in [-0.4, -0.2) is 81.4 Å². The Hall–Kier alpha value is -2.23. The first-order valence-electron chi connectivity index (χ1n) is 9.98. The van der Waals surface area contributed by atoms with Crippen molar-refractivity contribution in [2.75, 3.05) is 39.3 Å². The minimum atomic E-state index is 0.0249. The lowest BCUT2D eigenvalue weighted by Crippen LogP contribution is -2.64. The molecule has 7 nitrogen and oxygen atoms in total. The largest absolute Gasteiger partial charge is 0.350 e. The first-order valence-corrected chi connectivity index (χ1v) is 11.6. The summed E-state index contributed by atoms with van der Waals surface area (Å²) in [5.41, 5.74) is 1.82. The molecule has 0 bridgehead atoms. The zero-order chi connectivity index (χ0) is 20.8. The van der Waals surface area contributed by atoms with Crippen LogP contribution in [0.1, 0.15) is 20.2 Å². The fourth-order valence-corrected chi connectivity index (χ4v) is 5.66. The first-order chi connectivity index (χ1) is 14.5. The highest BCUT2D eigenvalue weighted by molar-refractivity contribution is 9.10. The molecule has 0 saturated carbocycles. The number of carbonyl (C=O) groups is 2. The van der Waals surface area contributed by atoms with E-state index < -0.39 is 0 Å². The molecular formula is C21H22BrN5O2S. The number of thiazole rings is 1. The van der Waals surface area contributed by atoms with Gasteiger partial charge in [-0.25, -0.2) is 4.98 Å². The van der Waals surface area contributed by atoms with Gasteiger partial charge in [0, 0.05) is 85.6 Å². The number of benzene rings is 1. The maximum absolute atomic E-state index is 13.0. The average Bonchev–Trinajstić information content (AvgIpc) is 3.37. The first kappa shape index (κ1) is 19.7. The van der Waals surface area contributed by atoms with Gasteiger partial charge >= 0.3 is 0 Å². The standard InChI is InChI=1S/C21H22BrN5O2S/c1-24-4-2-14-10-15(11-17(22)18(14)24)20(28)27-12-16(13-27)25-5-7-26(8-6-25)21(29)19-23-3-9-30-19/h2-4,9-11,16H,5-8,12-13H2,1H3. The third-order valence-corrected chi connectivity index (χ3v) is 7.42. The minimum Gasteiger partial charge on any atom is -0.350 e.